The largest absolute Gasteiger partial charge is 0.378 e. The van der Waals surface area contributed by atoms with E-state index >= 15 is 0 Å². The summed E-state index contributed by atoms with van der Waals surface area (Å²) in [4.78, 5) is 0. The highest BCUT2D eigenvalue weighted by molar-refractivity contribution is 6.31. The highest BCUT2D eigenvalue weighted by atomic mass is 35.5. The van der Waals surface area contributed by atoms with E-state index in [2.05, 4.69) is 5.43 Å². The van der Waals surface area contributed by atoms with E-state index in [4.69, 9.17) is 22.2 Å². The Balaban J connectivity index is 1.98. The monoisotopic (exact) mass is 272 g/mol. The summed E-state index contributed by atoms with van der Waals surface area (Å²) in [7, 11) is 0. The molecule has 1 aliphatic rings. The lowest BCUT2D eigenvalue weighted by molar-refractivity contribution is 0.0946. The van der Waals surface area contributed by atoms with Gasteiger partial charge >= 0.3 is 0 Å². The average molecular weight is 273 g/mol. The van der Waals surface area contributed by atoms with Gasteiger partial charge in [0, 0.05) is 12.6 Å². The fourth-order valence-electron chi connectivity index (χ4n) is 2.33. The molecule has 18 heavy (non-hydrogen) atoms. The van der Waals surface area contributed by atoms with E-state index in [0.717, 1.165) is 31.4 Å². The molecule has 3 nitrogen and oxygen atoms in total. The molecular formula is C13H18ClFN2O. The zero-order valence-corrected chi connectivity index (χ0v) is 10.9. The summed E-state index contributed by atoms with van der Waals surface area (Å²) < 4.78 is 18.9. The lowest BCUT2D eigenvalue weighted by Crippen LogP contribution is -2.39. The molecule has 0 amide bonds. The molecule has 2 unspecified atom stereocenters. The lowest BCUT2D eigenvalue weighted by Gasteiger charge is -2.20. The molecule has 1 saturated heterocycles. The quantitative estimate of drug-likeness (QED) is 0.639. The van der Waals surface area contributed by atoms with Crippen molar-refractivity contribution in [2.75, 3.05) is 6.61 Å². The van der Waals surface area contributed by atoms with E-state index in [9.17, 15) is 4.39 Å². The highest BCUT2D eigenvalue weighted by Gasteiger charge is 2.21. The first-order chi connectivity index (χ1) is 8.70. The number of benzene rings is 1. The number of rotatable bonds is 5. The topological polar surface area (TPSA) is 47.3 Å². The minimum absolute atomic E-state index is 0.0485. The minimum Gasteiger partial charge on any atom is -0.378 e. The molecule has 1 aromatic rings. The Hall–Kier alpha value is -0.680. The molecule has 5 heteroatoms. The van der Waals surface area contributed by atoms with Gasteiger partial charge in [0.2, 0.25) is 0 Å². The van der Waals surface area contributed by atoms with Crippen LogP contribution >= 0.6 is 11.6 Å². The van der Waals surface area contributed by atoms with Gasteiger partial charge in [-0.2, -0.15) is 0 Å². The summed E-state index contributed by atoms with van der Waals surface area (Å²) in [6.45, 7) is 0.822. The molecule has 2 atom stereocenters. The van der Waals surface area contributed by atoms with Crippen molar-refractivity contribution in [1.82, 2.24) is 5.43 Å². The summed E-state index contributed by atoms with van der Waals surface area (Å²) in [5.74, 6) is 5.16. The first-order valence-corrected chi connectivity index (χ1v) is 6.59. The second-order valence-corrected chi connectivity index (χ2v) is 5.03. The van der Waals surface area contributed by atoms with Gasteiger partial charge in [-0.25, -0.2) is 4.39 Å². The summed E-state index contributed by atoms with van der Waals surface area (Å²) in [6.07, 6.45) is 3.84. The molecule has 100 valence electrons. The molecule has 0 aliphatic carbocycles. The Morgan fingerprint density at radius 3 is 3.06 bits per heavy atom. The van der Waals surface area contributed by atoms with Crippen molar-refractivity contribution in [1.29, 1.82) is 0 Å². The third kappa shape index (κ3) is 3.42. The van der Waals surface area contributed by atoms with E-state index < -0.39 is 0 Å². The molecule has 0 aromatic heterocycles. The maximum atomic E-state index is 13.3. The van der Waals surface area contributed by atoms with Gasteiger partial charge in [0.15, 0.2) is 0 Å². The fourth-order valence-corrected chi connectivity index (χ4v) is 2.53. The summed E-state index contributed by atoms with van der Waals surface area (Å²) in [5.41, 5.74) is 3.54. The summed E-state index contributed by atoms with van der Waals surface area (Å²) in [6, 6.07) is 4.89. The van der Waals surface area contributed by atoms with Gasteiger partial charge < -0.3 is 4.74 Å². The second-order valence-electron chi connectivity index (χ2n) is 4.65. The van der Waals surface area contributed by atoms with Gasteiger partial charge in [0.1, 0.15) is 5.82 Å². The molecule has 2 rings (SSSR count). The van der Waals surface area contributed by atoms with Gasteiger partial charge in [0.05, 0.1) is 11.1 Å². The van der Waals surface area contributed by atoms with Gasteiger partial charge in [-0.05, 0) is 37.3 Å². The summed E-state index contributed by atoms with van der Waals surface area (Å²) >= 11 is 5.94. The van der Waals surface area contributed by atoms with Crippen molar-refractivity contribution in [2.24, 2.45) is 5.84 Å². The molecule has 1 heterocycles. The maximum Gasteiger partial charge on any atom is 0.142 e. The number of ether oxygens (including phenoxy) is 1. The predicted octanol–water partition coefficient (Wildman–Crippen LogP) is 2.42. The number of halogens is 2. The van der Waals surface area contributed by atoms with E-state index in [0.29, 0.717) is 6.42 Å². The Kier molecular flexibility index (Phi) is 4.95. The van der Waals surface area contributed by atoms with Crippen molar-refractivity contribution >= 4 is 11.6 Å². The van der Waals surface area contributed by atoms with Crippen LogP contribution in [0.4, 0.5) is 4.39 Å². The van der Waals surface area contributed by atoms with Crippen LogP contribution < -0.4 is 11.3 Å². The molecule has 0 radical (unpaired) electrons. The second kappa shape index (κ2) is 6.48. The lowest BCUT2D eigenvalue weighted by atomic mass is 10.00. The van der Waals surface area contributed by atoms with Crippen LogP contribution in [0.25, 0.3) is 0 Å². The molecule has 1 aromatic carbocycles. The van der Waals surface area contributed by atoms with Crippen molar-refractivity contribution in [3.8, 4) is 0 Å². The predicted molar refractivity (Wildman–Crippen MR) is 69.8 cm³/mol. The fraction of sp³-hybridized carbons (Fsp3) is 0.538. The van der Waals surface area contributed by atoms with Crippen LogP contribution in [0.1, 0.15) is 24.8 Å². The maximum absolute atomic E-state index is 13.3. The Labute approximate surface area is 111 Å². The van der Waals surface area contributed by atoms with Crippen LogP contribution in [0.5, 0.6) is 0 Å². The number of nitrogens with two attached hydrogens (primary N) is 1. The van der Waals surface area contributed by atoms with Gasteiger partial charge in [-0.15, -0.1) is 0 Å². The van der Waals surface area contributed by atoms with Crippen LogP contribution in [-0.2, 0) is 11.2 Å². The highest BCUT2D eigenvalue weighted by Crippen LogP contribution is 2.23. The first-order valence-electron chi connectivity index (χ1n) is 6.21. The molecular weight excluding hydrogens is 255 g/mol. The van der Waals surface area contributed by atoms with Crippen molar-refractivity contribution in [3.63, 3.8) is 0 Å². The number of nitrogens with one attached hydrogen (secondary N) is 1. The van der Waals surface area contributed by atoms with E-state index in [1.54, 1.807) is 6.07 Å². The van der Waals surface area contributed by atoms with Crippen molar-refractivity contribution in [3.05, 3.63) is 34.6 Å². The molecule has 1 fully saturated rings. The minimum atomic E-state index is -0.387. The summed E-state index contributed by atoms with van der Waals surface area (Å²) in [5, 5.41) is 0.185. The normalized spacial score (nSPS) is 21.2. The Morgan fingerprint density at radius 2 is 2.39 bits per heavy atom. The van der Waals surface area contributed by atoms with Crippen LogP contribution in [0.15, 0.2) is 18.2 Å². The van der Waals surface area contributed by atoms with Crippen LogP contribution in [-0.4, -0.2) is 18.8 Å². The van der Waals surface area contributed by atoms with Gasteiger partial charge in [-0.1, -0.05) is 23.7 Å². The third-order valence-corrected chi connectivity index (χ3v) is 3.73. The van der Waals surface area contributed by atoms with E-state index in [1.165, 1.54) is 6.07 Å². The van der Waals surface area contributed by atoms with E-state index in [1.807, 2.05) is 6.07 Å². The zero-order valence-electron chi connectivity index (χ0n) is 10.2. The van der Waals surface area contributed by atoms with Crippen LogP contribution in [0.2, 0.25) is 5.02 Å². The standard InChI is InChI=1S/C13H18ClFN2O/c14-13-9(3-1-5-12(13)15)7-10(17-16)8-11-4-2-6-18-11/h1,3,5,10-11,17H,2,4,6-8,16H2. The molecule has 1 aliphatic heterocycles. The van der Waals surface area contributed by atoms with E-state index in [-0.39, 0.29) is 23.0 Å². The van der Waals surface area contributed by atoms with Crippen LogP contribution in [0, 0.1) is 5.82 Å². The Morgan fingerprint density at radius 1 is 1.56 bits per heavy atom. The van der Waals surface area contributed by atoms with Crippen molar-refractivity contribution in [2.45, 2.75) is 37.8 Å². The van der Waals surface area contributed by atoms with Gasteiger partial charge in [-0.3, -0.25) is 11.3 Å². The van der Waals surface area contributed by atoms with Gasteiger partial charge in [0.25, 0.3) is 0 Å². The molecule has 0 spiro atoms. The van der Waals surface area contributed by atoms with Crippen LogP contribution in [0.3, 0.4) is 0 Å². The Bertz CT molecular complexity index is 397. The number of hydrazine groups is 1. The third-order valence-electron chi connectivity index (χ3n) is 3.30. The smallest absolute Gasteiger partial charge is 0.142 e. The first kappa shape index (κ1) is 13.7. The zero-order chi connectivity index (χ0) is 13.0. The number of hydrogen-bond donors (Lipinski definition) is 2. The SMILES string of the molecule is NNC(Cc1cccc(F)c1Cl)CC1CCCO1. The molecule has 3 N–H and O–H groups in total. The molecule has 0 saturated carbocycles. The average Bonchev–Trinajstić information content (AvgIpc) is 2.86. The number of hydrogen-bond acceptors (Lipinski definition) is 3. The van der Waals surface area contributed by atoms with Crippen molar-refractivity contribution < 1.29 is 9.13 Å². The molecule has 0 bridgehead atoms.